The van der Waals surface area contributed by atoms with Crippen LogP contribution in [0.15, 0.2) is 5.38 Å². The standard InChI is InChI=1S/C5H4F2N2OS/c6-3(7)5-9-2(1-11-5)4(8)10/h1,3H,(H2,8,10). The molecule has 0 aromatic carbocycles. The minimum Gasteiger partial charge on any atom is -0.364 e. The monoisotopic (exact) mass is 178 g/mol. The van der Waals surface area contributed by atoms with Gasteiger partial charge in [0, 0.05) is 5.38 Å². The van der Waals surface area contributed by atoms with E-state index >= 15 is 0 Å². The van der Waals surface area contributed by atoms with Crippen molar-refractivity contribution in [2.75, 3.05) is 0 Å². The first-order chi connectivity index (χ1) is 5.11. The first-order valence-corrected chi connectivity index (χ1v) is 3.52. The number of nitrogens with two attached hydrogens (primary N) is 1. The van der Waals surface area contributed by atoms with Crippen molar-refractivity contribution in [1.82, 2.24) is 4.98 Å². The summed E-state index contributed by atoms with van der Waals surface area (Å²) in [6.07, 6.45) is -2.63. The number of hydrogen-bond donors (Lipinski definition) is 1. The zero-order valence-corrected chi connectivity index (χ0v) is 6.07. The Morgan fingerprint density at radius 2 is 2.36 bits per heavy atom. The predicted octanol–water partition coefficient (Wildman–Crippen LogP) is 1.18. The molecule has 0 saturated carbocycles. The molecule has 0 radical (unpaired) electrons. The van der Waals surface area contributed by atoms with Gasteiger partial charge in [0.2, 0.25) is 0 Å². The summed E-state index contributed by atoms with van der Waals surface area (Å²) in [4.78, 5) is 13.7. The van der Waals surface area contributed by atoms with Gasteiger partial charge in [-0.15, -0.1) is 11.3 Å². The molecule has 1 aromatic heterocycles. The summed E-state index contributed by atoms with van der Waals surface area (Å²) in [5.74, 6) is -0.784. The molecule has 0 unspecified atom stereocenters. The molecular weight excluding hydrogens is 174 g/mol. The number of hydrogen-bond acceptors (Lipinski definition) is 3. The molecule has 0 aliphatic rings. The Balaban J connectivity index is 2.90. The second kappa shape index (κ2) is 2.91. The molecule has 0 atom stereocenters. The van der Waals surface area contributed by atoms with E-state index in [4.69, 9.17) is 5.73 Å². The van der Waals surface area contributed by atoms with Crippen molar-refractivity contribution in [3.63, 3.8) is 0 Å². The Hall–Kier alpha value is -1.04. The smallest absolute Gasteiger partial charge is 0.289 e. The Morgan fingerprint density at radius 1 is 1.73 bits per heavy atom. The number of amides is 1. The number of alkyl halides is 2. The lowest BCUT2D eigenvalue weighted by molar-refractivity contribution is 0.0995. The molecule has 0 fully saturated rings. The maximum absolute atomic E-state index is 11.8. The minimum absolute atomic E-state index is 0.106. The SMILES string of the molecule is NC(=O)c1csc(C(F)F)n1. The van der Waals surface area contributed by atoms with Crippen molar-refractivity contribution >= 4 is 17.2 Å². The Kier molecular flexibility index (Phi) is 2.13. The normalized spacial score (nSPS) is 10.5. The number of rotatable bonds is 2. The van der Waals surface area contributed by atoms with E-state index in [1.54, 1.807) is 0 Å². The zero-order chi connectivity index (χ0) is 8.43. The molecule has 11 heavy (non-hydrogen) atoms. The molecule has 2 N–H and O–H groups in total. The van der Waals surface area contributed by atoms with Crippen molar-refractivity contribution < 1.29 is 13.6 Å². The average molecular weight is 178 g/mol. The summed E-state index contributed by atoms with van der Waals surface area (Å²) in [5.41, 5.74) is 4.68. The molecule has 0 spiro atoms. The number of halogens is 2. The van der Waals surface area contributed by atoms with Crippen LogP contribution in [0, 0.1) is 0 Å². The van der Waals surface area contributed by atoms with Gasteiger partial charge in [-0.25, -0.2) is 13.8 Å². The molecule has 0 saturated heterocycles. The largest absolute Gasteiger partial charge is 0.364 e. The maximum Gasteiger partial charge on any atom is 0.289 e. The van der Waals surface area contributed by atoms with Gasteiger partial charge in [0.1, 0.15) is 5.69 Å². The molecular formula is C5H4F2N2OS. The van der Waals surface area contributed by atoms with Gasteiger partial charge in [0.15, 0.2) is 5.01 Å². The number of aromatic nitrogens is 1. The molecule has 1 amide bonds. The molecule has 3 nitrogen and oxygen atoms in total. The third kappa shape index (κ3) is 1.70. The van der Waals surface area contributed by atoms with Gasteiger partial charge in [0.05, 0.1) is 0 Å². The van der Waals surface area contributed by atoms with Gasteiger partial charge in [0.25, 0.3) is 12.3 Å². The topological polar surface area (TPSA) is 56.0 Å². The fourth-order valence-corrected chi connectivity index (χ4v) is 1.16. The van der Waals surface area contributed by atoms with Crippen molar-refractivity contribution in [3.05, 3.63) is 16.1 Å². The van der Waals surface area contributed by atoms with Crippen LogP contribution in [0.1, 0.15) is 21.9 Å². The van der Waals surface area contributed by atoms with Crippen molar-refractivity contribution in [2.45, 2.75) is 6.43 Å². The van der Waals surface area contributed by atoms with Crippen molar-refractivity contribution in [1.29, 1.82) is 0 Å². The lowest BCUT2D eigenvalue weighted by Gasteiger charge is -1.88. The van der Waals surface area contributed by atoms with Crippen molar-refractivity contribution in [2.24, 2.45) is 5.73 Å². The van der Waals surface area contributed by atoms with Crippen LogP contribution in [0.2, 0.25) is 0 Å². The highest BCUT2D eigenvalue weighted by Crippen LogP contribution is 2.21. The van der Waals surface area contributed by atoms with E-state index in [-0.39, 0.29) is 10.7 Å². The minimum atomic E-state index is -2.63. The Bertz CT molecular complexity index is 273. The van der Waals surface area contributed by atoms with Crippen LogP contribution in [0.3, 0.4) is 0 Å². The molecule has 6 heteroatoms. The highest BCUT2D eigenvalue weighted by atomic mass is 32.1. The number of primary amides is 1. The van der Waals surface area contributed by atoms with Gasteiger partial charge in [-0.1, -0.05) is 0 Å². The quantitative estimate of drug-likeness (QED) is 0.739. The van der Waals surface area contributed by atoms with Gasteiger partial charge >= 0.3 is 0 Å². The fraction of sp³-hybridized carbons (Fsp3) is 0.200. The van der Waals surface area contributed by atoms with E-state index < -0.39 is 12.3 Å². The first-order valence-electron chi connectivity index (χ1n) is 2.64. The molecule has 0 bridgehead atoms. The van der Waals surface area contributed by atoms with Gasteiger partial charge < -0.3 is 5.73 Å². The van der Waals surface area contributed by atoms with Crippen molar-refractivity contribution in [3.8, 4) is 0 Å². The number of carbonyl (C=O) groups excluding carboxylic acids is 1. The fourth-order valence-electron chi connectivity index (χ4n) is 0.501. The second-order valence-electron chi connectivity index (χ2n) is 1.74. The van der Waals surface area contributed by atoms with E-state index in [9.17, 15) is 13.6 Å². The van der Waals surface area contributed by atoms with E-state index in [0.717, 1.165) is 11.3 Å². The molecule has 1 heterocycles. The molecule has 60 valence electrons. The lowest BCUT2D eigenvalue weighted by Crippen LogP contribution is -2.11. The molecule has 0 aliphatic heterocycles. The Morgan fingerprint density at radius 3 is 2.64 bits per heavy atom. The van der Waals surface area contributed by atoms with Crippen LogP contribution >= 0.6 is 11.3 Å². The summed E-state index contributed by atoms with van der Waals surface area (Å²) in [6, 6.07) is 0. The maximum atomic E-state index is 11.8. The summed E-state index contributed by atoms with van der Waals surface area (Å²) in [7, 11) is 0. The molecule has 1 aromatic rings. The van der Waals surface area contributed by atoms with Crippen LogP contribution in [0.25, 0.3) is 0 Å². The highest BCUT2D eigenvalue weighted by Gasteiger charge is 2.13. The number of thiazole rings is 1. The average Bonchev–Trinajstić information content (AvgIpc) is 2.33. The summed E-state index contributed by atoms with van der Waals surface area (Å²) < 4.78 is 23.7. The van der Waals surface area contributed by atoms with Crippen LogP contribution < -0.4 is 5.73 Å². The lowest BCUT2D eigenvalue weighted by atomic mass is 10.5. The molecule has 0 aliphatic carbocycles. The van der Waals surface area contributed by atoms with E-state index in [1.165, 1.54) is 5.38 Å². The van der Waals surface area contributed by atoms with Crippen LogP contribution in [0.4, 0.5) is 8.78 Å². The van der Waals surface area contributed by atoms with E-state index in [0.29, 0.717) is 0 Å². The molecule has 1 rings (SSSR count). The third-order valence-corrected chi connectivity index (χ3v) is 1.81. The highest BCUT2D eigenvalue weighted by molar-refractivity contribution is 7.09. The van der Waals surface area contributed by atoms with Gasteiger partial charge in [-0.2, -0.15) is 0 Å². The number of nitrogens with zero attached hydrogens (tertiary/aromatic N) is 1. The predicted molar refractivity (Wildman–Crippen MR) is 35.6 cm³/mol. The number of carbonyl (C=O) groups is 1. The van der Waals surface area contributed by atoms with Gasteiger partial charge in [-0.05, 0) is 0 Å². The van der Waals surface area contributed by atoms with Crippen LogP contribution in [0.5, 0.6) is 0 Å². The van der Waals surface area contributed by atoms with E-state index in [2.05, 4.69) is 4.98 Å². The second-order valence-corrected chi connectivity index (χ2v) is 2.63. The van der Waals surface area contributed by atoms with Crippen LogP contribution in [-0.4, -0.2) is 10.9 Å². The summed E-state index contributed by atoms with van der Waals surface area (Å²) in [6.45, 7) is 0. The summed E-state index contributed by atoms with van der Waals surface area (Å²) >= 11 is 0.724. The van der Waals surface area contributed by atoms with Crippen LogP contribution in [-0.2, 0) is 0 Å². The zero-order valence-electron chi connectivity index (χ0n) is 5.25. The van der Waals surface area contributed by atoms with E-state index in [1.807, 2.05) is 0 Å². The Labute approximate surface area is 64.9 Å². The first kappa shape index (κ1) is 8.06. The summed E-state index contributed by atoms with van der Waals surface area (Å²) in [5, 5.41) is 0.836. The van der Waals surface area contributed by atoms with Gasteiger partial charge in [-0.3, -0.25) is 4.79 Å². The third-order valence-electron chi connectivity index (χ3n) is 0.961.